The summed E-state index contributed by atoms with van der Waals surface area (Å²) < 4.78 is 5.83. The second-order valence-electron chi connectivity index (χ2n) is 5.83. The number of benzene rings is 1. The van der Waals surface area contributed by atoms with E-state index in [1.54, 1.807) is 0 Å². The van der Waals surface area contributed by atoms with Crippen LogP contribution in [0, 0.1) is 5.92 Å². The highest BCUT2D eigenvalue weighted by Crippen LogP contribution is 2.19. The zero-order valence-corrected chi connectivity index (χ0v) is 13.7. The molecule has 2 unspecified atom stereocenters. The van der Waals surface area contributed by atoms with Gasteiger partial charge in [0, 0.05) is 6.61 Å². The van der Waals surface area contributed by atoms with Crippen LogP contribution in [-0.2, 0) is 4.74 Å². The van der Waals surface area contributed by atoms with Crippen LogP contribution in [0.5, 0.6) is 0 Å². The summed E-state index contributed by atoms with van der Waals surface area (Å²) in [5, 5.41) is 9.44. The molecule has 0 fully saturated rings. The van der Waals surface area contributed by atoms with Crippen molar-refractivity contribution in [2.75, 3.05) is 13.2 Å². The molecular formula is C19H30O2. The molecule has 0 saturated heterocycles. The molecule has 0 aliphatic carbocycles. The van der Waals surface area contributed by atoms with Gasteiger partial charge in [-0.3, -0.25) is 0 Å². The van der Waals surface area contributed by atoms with Gasteiger partial charge in [-0.05, 0) is 44.1 Å². The first-order chi connectivity index (χ1) is 10.2. The minimum absolute atomic E-state index is 0.0385. The van der Waals surface area contributed by atoms with E-state index >= 15 is 0 Å². The lowest BCUT2D eigenvalue weighted by Crippen LogP contribution is -2.11. The van der Waals surface area contributed by atoms with Crippen molar-refractivity contribution in [1.82, 2.24) is 0 Å². The molecule has 1 aromatic rings. The van der Waals surface area contributed by atoms with Gasteiger partial charge in [-0.1, -0.05) is 55.8 Å². The first-order valence-corrected chi connectivity index (χ1v) is 8.10. The molecule has 21 heavy (non-hydrogen) atoms. The van der Waals surface area contributed by atoms with Gasteiger partial charge in [-0.2, -0.15) is 0 Å². The van der Waals surface area contributed by atoms with E-state index in [-0.39, 0.29) is 12.7 Å². The number of hydrogen-bond acceptors (Lipinski definition) is 2. The molecule has 2 atom stereocenters. The summed E-state index contributed by atoms with van der Waals surface area (Å²) in [5.41, 5.74) is 2.53. The van der Waals surface area contributed by atoms with Crippen molar-refractivity contribution in [2.45, 2.75) is 52.6 Å². The van der Waals surface area contributed by atoms with Gasteiger partial charge in [-0.15, -0.1) is 0 Å². The van der Waals surface area contributed by atoms with Crippen LogP contribution in [0.4, 0.5) is 0 Å². The normalized spacial score (nSPS) is 15.0. The van der Waals surface area contributed by atoms with Gasteiger partial charge < -0.3 is 9.84 Å². The van der Waals surface area contributed by atoms with Crippen LogP contribution in [0.15, 0.2) is 42.0 Å². The minimum atomic E-state index is -0.194. The first kappa shape index (κ1) is 17.9. The fraction of sp³-hybridized carbons (Fsp3) is 0.579. The number of ether oxygens (including phenoxy) is 1. The summed E-state index contributed by atoms with van der Waals surface area (Å²) in [7, 11) is 0. The minimum Gasteiger partial charge on any atom is -0.393 e. The number of rotatable bonds is 10. The standard InChI is InChI=1S/C19H30O2/c1-4-16(2)9-8-10-17(3)13-14-21-19(15-20)18-11-6-5-7-12-18/h5-7,9,11-12,17,19-20H,4,8,10,13-15H2,1-3H3. The smallest absolute Gasteiger partial charge is 0.105 e. The van der Waals surface area contributed by atoms with Crippen LogP contribution in [0.2, 0.25) is 0 Å². The van der Waals surface area contributed by atoms with Gasteiger partial charge in [0.25, 0.3) is 0 Å². The third-order valence-electron chi connectivity index (χ3n) is 3.98. The molecule has 0 aliphatic heterocycles. The highest BCUT2D eigenvalue weighted by Gasteiger charge is 2.11. The molecule has 0 heterocycles. The molecule has 1 rings (SSSR count). The Morgan fingerprint density at radius 1 is 1.24 bits per heavy atom. The van der Waals surface area contributed by atoms with Crippen molar-refractivity contribution < 1.29 is 9.84 Å². The summed E-state index contributed by atoms with van der Waals surface area (Å²) >= 11 is 0. The van der Waals surface area contributed by atoms with Gasteiger partial charge in [0.1, 0.15) is 6.10 Å². The quantitative estimate of drug-likeness (QED) is 0.621. The van der Waals surface area contributed by atoms with Crippen LogP contribution in [0.25, 0.3) is 0 Å². The van der Waals surface area contributed by atoms with Gasteiger partial charge in [0.2, 0.25) is 0 Å². The van der Waals surface area contributed by atoms with Crippen LogP contribution in [0.1, 0.15) is 58.1 Å². The zero-order chi connectivity index (χ0) is 15.5. The summed E-state index contributed by atoms with van der Waals surface area (Å²) in [4.78, 5) is 0. The van der Waals surface area contributed by atoms with E-state index < -0.39 is 0 Å². The maximum atomic E-state index is 9.44. The van der Waals surface area contributed by atoms with Crippen molar-refractivity contribution >= 4 is 0 Å². The molecule has 0 aliphatic rings. The van der Waals surface area contributed by atoms with E-state index in [0.29, 0.717) is 12.5 Å². The lowest BCUT2D eigenvalue weighted by Gasteiger charge is -2.17. The van der Waals surface area contributed by atoms with Crippen molar-refractivity contribution in [3.05, 3.63) is 47.5 Å². The van der Waals surface area contributed by atoms with E-state index in [1.165, 1.54) is 12.0 Å². The molecule has 0 radical (unpaired) electrons. The Morgan fingerprint density at radius 3 is 2.57 bits per heavy atom. The van der Waals surface area contributed by atoms with Crippen molar-refractivity contribution in [1.29, 1.82) is 0 Å². The molecule has 118 valence electrons. The Balaban J connectivity index is 2.25. The van der Waals surface area contributed by atoms with Crippen LogP contribution >= 0.6 is 0 Å². The molecule has 0 amide bonds. The van der Waals surface area contributed by atoms with Crippen molar-refractivity contribution in [2.24, 2.45) is 5.92 Å². The maximum Gasteiger partial charge on any atom is 0.105 e. The molecular weight excluding hydrogens is 260 g/mol. The molecule has 1 N–H and O–H groups in total. The zero-order valence-electron chi connectivity index (χ0n) is 13.7. The first-order valence-electron chi connectivity index (χ1n) is 8.10. The van der Waals surface area contributed by atoms with Gasteiger partial charge in [0.15, 0.2) is 0 Å². The lowest BCUT2D eigenvalue weighted by molar-refractivity contribution is 0.00605. The Labute approximate surface area is 129 Å². The molecule has 0 bridgehead atoms. The maximum absolute atomic E-state index is 9.44. The van der Waals surface area contributed by atoms with Crippen LogP contribution in [0.3, 0.4) is 0 Å². The van der Waals surface area contributed by atoms with E-state index in [2.05, 4.69) is 26.8 Å². The van der Waals surface area contributed by atoms with E-state index in [1.807, 2.05) is 30.3 Å². The van der Waals surface area contributed by atoms with Crippen molar-refractivity contribution in [3.63, 3.8) is 0 Å². The molecule has 2 nitrogen and oxygen atoms in total. The number of aliphatic hydroxyl groups excluding tert-OH is 1. The average molecular weight is 290 g/mol. The monoisotopic (exact) mass is 290 g/mol. The second-order valence-corrected chi connectivity index (χ2v) is 5.83. The van der Waals surface area contributed by atoms with Gasteiger partial charge in [0.05, 0.1) is 6.61 Å². The third kappa shape index (κ3) is 7.45. The summed E-state index contributed by atoms with van der Waals surface area (Å²) in [6.45, 7) is 7.41. The predicted octanol–water partition coefficient (Wildman–Crippen LogP) is 4.90. The predicted molar refractivity (Wildman–Crippen MR) is 89.3 cm³/mol. The van der Waals surface area contributed by atoms with Crippen LogP contribution in [-0.4, -0.2) is 18.3 Å². The van der Waals surface area contributed by atoms with E-state index in [4.69, 9.17) is 4.74 Å². The molecule has 0 spiro atoms. The Hall–Kier alpha value is -1.12. The third-order valence-corrected chi connectivity index (χ3v) is 3.98. The largest absolute Gasteiger partial charge is 0.393 e. The summed E-state index contributed by atoms with van der Waals surface area (Å²) in [6.07, 6.45) is 6.70. The summed E-state index contributed by atoms with van der Waals surface area (Å²) in [5.74, 6) is 0.654. The molecule has 1 aromatic carbocycles. The fourth-order valence-corrected chi connectivity index (χ4v) is 2.24. The van der Waals surface area contributed by atoms with Gasteiger partial charge >= 0.3 is 0 Å². The Kier molecular flexibility index (Phi) is 9.04. The average Bonchev–Trinajstić information content (AvgIpc) is 2.52. The fourth-order valence-electron chi connectivity index (χ4n) is 2.24. The number of hydrogen-bond donors (Lipinski definition) is 1. The highest BCUT2D eigenvalue weighted by molar-refractivity contribution is 5.17. The van der Waals surface area contributed by atoms with E-state index in [9.17, 15) is 5.11 Å². The second kappa shape index (κ2) is 10.6. The lowest BCUT2D eigenvalue weighted by atomic mass is 10.0. The molecule has 0 aromatic heterocycles. The SMILES string of the molecule is CCC(C)=CCCC(C)CCOC(CO)c1ccccc1. The van der Waals surface area contributed by atoms with Crippen molar-refractivity contribution in [3.8, 4) is 0 Å². The molecule has 0 saturated carbocycles. The Morgan fingerprint density at radius 2 is 1.95 bits per heavy atom. The van der Waals surface area contributed by atoms with E-state index in [0.717, 1.165) is 24.8 Å². The highest BCUT2D eigenvalue weighted by atomic mass is 16.5. The van der Waals surface area contributed by atoms with Crippen LogP contribution < -0.4 is 0 Å². The Bertz CT molecular complexity index is 397. The topological polar surface area (TPSA) is 29.5 Å². The molecule has 2 heteroatoms. The van der Waals surface area contributed by atoms with Gasteiger partial charge in [-0.25, -0.2) is 0 Å². The number of aliphatic hydroxyl groups is 1. The summed E-state index contributed by atoms with van der Waals surface area (Å²) in [6, 6.07) is 9.94. The number of allylic oxidation sites excluding steroid dienone is 2.